The maximum absolute atomic E-state index is 11.5. The lowest BCUT2D eigenvalue weighted by atomic mass is 9.96. The van der Waals surface area contributed by atoms with Gasteiger partial charge in [-0.2, -0.15) is 0 Å². The summed E-state index contributed by atoms with van der Waals surface area (Å²) in [5.41, 5.74) is 8.04. The first-order chi connectivity index (χ1) is 15.6. The van der Waals surface area contributed by atoms with E-state index in [2.05, 4.69) is 61.5 Å². The molecule has 8 heteroatoms. The fourth-order valence-electron chi connectivity index (χ4n) is 4.87. The van der Waals surface area contributed by atoms with E-state index in [-0.39, 0.29) is 35.8 Å². The first-order valence-electron chi connectivity index (χ1n) is 11.6. The molecule has 2 aliphatic heterocycles. The number of hydrogen-bond acceptors (Lipinski definition) is 4. The molecule has 33 heavy (non-hydrogen) atoms. The van der Waals surface area contributed by atoms with Gasteiger partial charge in [-0.15, -0.1) is 24.0 Å². The van der Waals surface area contributed by atoms with Crippen LogP contribution >= 0.6 is 24.0 Å². The zero-order valence-electron chi connectivity index (χ0n) is 19.3. The zero-order valence-corrected chi connectivity index (χ0v) is 21.7. The lowest BCUT2D eigenvalue weighted by molar-refractivity contribution is -0.122. The van der Waals surface area contributed by atoms with Gasteiger partial charge in [0.25, 0.3) is 0 Å². The molecule has 7 nitrogen and oxygen atoms in total. The predicted octanol–water partition coefficient (Wildman–Crippen LogP) is 3.04. The SMILES string of the molecule is CN=C(NCc1cccnc1N1CCC(C(N)=O)CC1)N1CCC(Cc2ccccc2)C1.I. The van der Waals surface area contributed by atoms with E-state index in [4.69, 9.17) is 5.73 Å². The minimum atomic E-state index is -0.187. The maximum Gasteiger partial charge on any atom is 0.220 e. The third-order valence-electron chi connectivity index (χ3n) is 6.67. The standard InChI is InChI=1S/C25H34N6O.HI/c1-27-25(31-13-9-20(18-31)16-19-6-3-2-4-7-19)29-17-22-8-5-12-28-24(22)30-14-10-21(11-15-30)23(26)32;/h2-8,12,20-21H,9-11,13-18H2,1H3,(H2,26,32)(H,27,29);1H. The van der Waals surface area contributed by atoms with Crippen molar-refractivity contribution in [2.45, 2.75) is 32.2 Å². The Morgan fingerprint density at radius 3 is 2.58 bits per heavy atom. The Bertz CT molecular complexity index is 930. The van der Waals surface area contributed by atoms with Gasteiger partial charge in [-0.05, 0) is 43.2 Å². The van der Waals surface area contributed by atoms with Crippen LogP contribution in [-0.4, -0.2) is 55.0 Å². The summed E-state index contributed by atoms with van der Waals surface area (Å²) in [7, 11) is 1.85. The number of nitrogens with one attached hydrogen (secondary N) is 1. The van der Waals surface area contributed by atoms with Gasteiger partial charge in [-0.25, -0.2) is 4.98 Å². The summed E-state index contributed by atoms with van der Waals surface area (Å²) in [5, 5.41) is 3.55. The molecule has 0 aliphatic carbocycles. The van der Waals surface area contributed by atoms with E-state index >= 15 is 0 Å². The molecule has 3 N–H and O–H groups in total. The largest absolute Gasteiger partial charge is 0.369 e. The zero-order chi connectivity index (χ0) is 22.3. The first-order valence-corrected chi connectivity index (χ1v) is 11.6. The molecule has 3 heterocycles. The van der Waals surface area contributed by atoms with Crippen molar-refractivity contribution in [2.24, 2.45) is 22.6 Å². The molecule has 2 saturated heterocycles. The molecule has 0 bridgehead atoms. The number of anilines is 1. The Kier molecular flexibility index (Phi) is 9.34. The van der Waals surface area contributed by atoms with Crippen molar-refractivity contribution in [2.75, 3.05) is 38.1 Å². The van der Waals surface area contributed by atoms with Gasteiger partial charge in [0.2, 0.25) is 5.91 Å². The normalized spacial score (nSPS) is 19.3. The Balaban J connectivity index is 0.00000306. The van der Waals surface area contributed by atoms with E-state index < -0.39 is 0 Å². The maximum atomic E-state index is 11.5. The summed E-state index contributed by atoms with van der Waals surface area (Å²) >= 11 is 0. The van der Waals surface area contributed by atoms with Crippen LogP contribution in [0.2, 0.25) is 0 Å². The molecule has 0 radical (unpaired) electrons. The molecule has 1 atom stereocenters. The van der Waals surface area contributed by atoms with Crippen LogP contribution in [0, 0.1) is 11.8 Å². The highest BCUT2D eigenvalue weighted by molar-refractivity contribution is 14.0. The van der Waals surface area contributed by atoms with Gasteiger partial charge in [-0.1, -0.05) is 36.4 Å². The van der Waals surface area contributed by atoms with Crippen molar-refractivity contribution in [3.63, 3.8) is 0 Å². The molecule has 1 amide bonds. The van der Waals surface area contributed by atoms with Gasteiger partial charge in [-0.3, -0.25) is 9.79 Å². The van der Waals surface area contributed by atoms with Crippen molar-refractivity contribution >= 4 is 41.7 Å². The van der Waals surface area contributed by atoms with Gasteiger partial charge in [0, 0.05) is 57.4 Å². The summed E-state index contributed by atoms with van der Waals surface area (Å²) in [4.78, 5) is 25.3. The summed E-state index contributed by atoms with van der Waals surface area (Å²) in [5.74, 6) is 2.38. The number of aliphatic imine (C=N–C) groups is 1. The smallest absolute Gasteiger partial charge is 0.220 e. The number of pyridine rings is 1. The summed E-state index contributed by atoms with van der Waals surface area (Å²) in [6, 6.07) is 14.8. The van der Waals surface area contributed by atoms with E-state index in [0.717, 1.165) is 62.8 Å². The highest BCUT2D eigenvalue weighted by Crippen LogP contribution is 2.25. The van der Waals surface area contributed by atoms with E-state index in [1.165, 1.54) is 12.0 Å². The van der Waals surface area contributed by atoms with Crippen molar-refractivity contribution < 1.29 is 4.79 Å². The van der Waals surface area contributed by atoms with Crippen LogP contribution in [0.4, 0.5) is 5.82 Å². The molecule has 178 valence electrons. The minimum Gasteiger partial charge on any atom is -0.369 e. The van der Waals surface area contributed by atoms with Crippen molar-refractivity contribution in [3.8, 4) is 0 Å². The van der Waals surface area contributed by atoms with Crippen LogP contribution in [0.15, 0.2) is 53.7 Å². The summed E-state index contributed by atoms with van der Waals surface area (Å²) in [6.45, 7) is 4.33. The number of nitrogens with zero attached hydrogens (tertiary/aromatic N) is 4. The molecule has 1 unspecified atom stereocenters. The third-order valence-corrected chi connectivity index (χ3v) is 6.67. The second-order valence-electron chi connectivity index (χ2n) is 8.84. The Labute approximate surface area is 213 Å². The Hall–Kier alpha value is -2.36. The van der Waals surface area contributed by atoms with Crippen LogP contribution in [0.1, 0.15) is 30.4 Å². The molecule has 2 fully saturated rings. The quantitative estimate of drug-likeness (QED) is 0.321. The van der Waals surface area contributed by atoms with Gasteiger partial charge in [0.15, 0.2) is 5.96 Å². The van der Waals surface area contributed by atoms with E-state index in [0.29, 0.717) is 12.5 Å². The summed E-state index contributed by atoms with van der Waals surface area (Å²) in [6.07, 6.45) is 5.71. The molecule has 0 spiro atoms. The topological polar surface area (TPSA) is 86.9 Å². The number of guanidine groups is 1. The van der Waals surface area contributed by atoms with Crippen LogP contribution in [0.3, 0.4) is 0 Å². The number of nitrogens with two attached hydrogens (primary N) is 1. The number of amides is 1. The average Bonchev–Trinajstić information content (AvgIpc) is 3.28. The number of likely N-dealkylation sites (tertiary alicyclic amines) is 1. The van der Waals surface area contributed by atoms with Crippen LogP contribution in [-0.2, 0) is 17.8 Å². The average molecular weight is 563 g/mol. The van der Waals surface area contributed by atoms with Gasteiger partial charge < -0.3 is 20.9 Å². The lowest BCUT2D eigenvalue weighted by Crippen LogP contribution is -2.41. The lowest BCUT2D eigenvalue weighted by Gasteiger charge is -2.32. The van der Waals surface area contributed by atoms with Crippen molar-refractivity contribution in [3.05, 3.63) is 59.8 Å². The second kappa shape index (κ2) is 12.2. The number of hydrogen-bond donors (Lipinski definition) is 2. The minimum absolute atomic E-state index is 0. The van der Waals surface area contributed by atoms with Gasteiger partial charge >= 0.3 is 0 Å². The predicted molar refractivity (Wildman–Crippen MR) is 144 cm³/mol. The number of primary amides is 1. The van der Waals surface area contributed by atoms with E-state index in [1.807, 2.05) is 19.3 Å². The van der Waals surface area contributed by atoms with E-state index in [9.17, 15) is 4.79 Å². The number of carbonyl (C=O) groups excluding carboxylic acids is 1. The van der Waals surface area contributed by atoms with Crippen LogP contribution < -0.4 is 16.0 Å². The summed E-state index contributed by atoms with van der Waals surface area (Å²) < 4.78 is 0. The molecule has 1 aromatic carbocycles. The first kappa shape index (κ1) is 25.3. The molecule has 1 aromatic heterocycles. The van der Waals surface area contributed by atoms with Gasteiger partial charge in [0.05, 0.1) is 0 Å². The molecule has 4 rings (SSSR count). The number of carbonyl (C=O) groups is 1. The fraction of sp³-hybridized carbons (Fsp3) is 0.480. The highest BCUT2D eigenvalue weighted by atomic mass is 127. The number of aromatic nitrogens is 1. The number of rotatable bonds is 6. The number of halogens is 1. The Morgan fingerprint density at radius 1 is 1.12 bits per heavy atom. The molecule has 2 aliphatic rings. The van der Waals surface area contributed by atoms with Gasteiger partial charge in [0.1, 0.15) is 5.82 Å². The Morgan fingerprint density at radius 2 is 1.88 bits per heavy atom. The van der Waals surface area contributed by atoms with Crippen LogP contribution in [0.25, 0.3) is 0 Å². The second-order valence-corrected chi connectivity index (χ2v) is 8.84. The van der Waals surface area contributed by atoms with Crippen molar-refractivity contribution in [1.29, 1.82) is 0 Å². The van der Waals surface area contributed by atoms with Crippen LogP contribution in [0.5, 0.6) is 0 Å². The number of piperidine rings is 1. The number of benzene rings is 1. The molecule has 2 aromatic rings. The molecule has 0 saturated carbocycles. The van der Waals surface area contributed by atoms with Crippen molar-refractivity contribution in [1.82, 2.24) is 15.2 Å². The molecular weight excluding hydrogens is 527 g/mol. The highest BCUT2D eigenvalue weighted by Gasteiger charge is 2.27. The third kappa shape index (κ3) is 6.59. The fourth-order valence-corrected chi connectivity index (χ4v) is 4.87. The monoisotopic (exact) mass is 562 g/mol. The van der Waals surface area contributed by atoms with E-state index in [1.54, 1.807) is 0 Å². The molecular formula is C25H35IN6O.